The van der Waals surface area contributed by atoms with Crippen LogP contribution in [0.25, 0.3) is 11.1 Å². The summed E-state index contributed by atoms with van der Waals surface area (Å²) in [6.45, 7) is 27.8. The van der Waals surface area contributed by atoms with E-state index in [1.54, 1.807) is 6.92 Å². The summed E-state index contributed by atoms with van der Waals surface area (Å²) in [5.74, 6) is -2.23. The number of carbonyl (C=O) groups is 1. The van der Waals surface area contributed by atoms with Crippen LogP contribution in [0.5, 0.6) is 0 Å². The van der Waals surface area contributed by atoms with Crippen molar-refractivity contribution in [2.24, 2.45) is 11.8 Å². The Morgan fingerprint density at radius 1 is 0.446 bits per heavy atom. The molecule has 0 aromatic heterocycles. The Kier molecular flexibility index (Phi) is 22.8. The third-order valence-corrected chi connectivity index (χ3v) is 11.9. The molecule has 0 aliphatic rings. The van der Waals surface area contributed by atoms with Crippen molar-refractivity contribution in [2.45, 2.75) is 114 Å². The van der Waals surface area contributed by atoms with Crippen molar-refractivity contribution in [3.63, 3.8) is 0 Å². The maximum Gasteiger partial charge on any atom is 0.324 e. The summed E-state index contributed by atoms with van der Waals surface area (Å²) >= 11 is 0. The van der Waals surface area contributed by atoms with Crippen LogP contribution in [0.4, 0.5) is 22.7 Å². The van der Waals surface area contributed by atoms with Gasteiger partial charge in [-0.05, 0) is 140 Å². The number of allylic oxidation sites excluding steroid dienone is 2. The minimum atomic E-state index is -1.08. The molecule has 0 saturated carbocycles. The smallest absolute Gasteiger partial charge is 0.324 e. The Morgan fingerprint density at radius 2 is 0.677 bits per heavy atom. The molecule has 0 aliphatic heterocycles. The molecule has 0 amide bonds. The van der Waals surface area contributed by atoms with Crippen LogP contribution in [-0.2, 0) is 9.53 Å². The Hall–Kier alpha value is -5.48. The zero-order chi connectivity index (χ0) is 47.0. The molecule has 4 aromatic carbocycles. The fourth-order valence-electron chi connectivity index (χ4n) is 8.92. The van der Waals surface area contributed by atoms with Crippen LogP contribution in [-0.4, -0.2) is 64.9 Å². The number of ether oxygens (including phenoxy) is 1. The van der Waals surface area contributed by atoms with Crippen molar-refractivity contribution in [2.75, 3.05) is 78.6 Å². The summed E-state index contributed by atoms with van der Waals surface area (Å²) in [6.07, 6.45) is 12.9. The van der Waals surface area contributed by atoms with Gasteiger partial charge in [0.15, 0.2) is 5.92 Å². The number of carbonyl (C=O) groups excluding carboxylic acids is 1. The van der Waals surface area contributed by atoms with E-state index in [0.29, 0.717) is 0 Å². The summed E-state index contributed by atoms with van der Waals surface area (Å²) < 4.78 is 5.67. The number of hydrogen-bond donors (Lipinski definition) is 0. The Morgan fingerprint density at radius 3 is 0.862 bits per heavy atom. The predicted octanol–water partition coefficient (Wildman–Crippen LogP) is 14.1. The molecule has 0 saturated heterocycles. The number of benzene rings is 4. The second kappa shape index (κ2) is 28.4. The van der Waals surface area contributed by atoms with Gasteiger partial charge in [0, 0.05) is 81.0 Å². The van der Waals surface area contributed by atoms with Crippen LogP contribution in [0, 0.1) is 23.2 Å². The zero-order valence-corrected chi connectivity index (χ0v) is 41.6. The highest BCUT2D eigenvalue weighted by atomic mass is 16.5. The molecule has 4 aromatic rings. The molecule has 1 atom stereocenters. The van der Waals surface area contributed by atoms with E-state index >= 15 is 0 Å². The van der Waals surface area contributed by atoms with Crippen LogP contribution < -0.4 is 19.6 Å². The van der Waals surface area contributed by atoms with Gasteiger partial charge in [0.2, 0.25) is 0 Å². The summed E-state index contributed by atoms with van der Waals surface area (Å²) in [7, 11) is 0. The second-order valence-electron chi connectivity index (χ2n) is 17.2. The van der Waals surface area contributed by atoms with E-state index < -0.39 is 17.8 Å². The van der Waals surface area contributed by atoms with E-state index in [1.807, 2.05) is 0 Å². The van der Waals surface area contributed by atoms with Gasteiger partial charge in [0.25, 0.3) is 0 Å². The van der Waals surface area contributed by atoms with Gasteiger partial charge in [-0.3, -0.25) is 4.79 Å². The number of rotatable bonds is 29. The van der Waals surface area contributed by atoms with Crippen molar-refractivity contribution in [3.8, 4) is 6.07 Å². The van der Waals surface area contributed by atoms with Crippen molar-refractivity contribution in [1.29, 1.82) is 5.26 Å². The highest BCUT2D eigenvalue weighted by molar-refractivity contribution is 5.86. The van der Waals surface area contributed by atoms with Gasteiger partial charge in [-0.1, -0.05) is 116 Å². The van der Waals surface area contributed by atoms with Crippen LogP contribution >= 0.6 is 0 Å². The van der Waals surface area contributed by atoms with Gasteiger partial charge in [-0.2, -0.15) is 5.26 Å². The molecule has 0 bridgehead atoms. The number of nitrogens with zero attached hydrogens (tertiary/aromatic N) is 5. The van der Waals surface area contributed by atoms with Crippen molar-refractivity contribution in [1.82, 2.24) is 0 Å². The molecule has 0 fully saturated rings. The lowest BCUT2D eigenvalue weighted by molar-refractivity contribution is -0.146. The molecule has 7 heteroatoms. The lowest BCUT2D eigenvalue weighted by Gasteiger charge is -2.26. The summed E-state index contributed by atoms with van der Waals surface area (Å²) in [4.78, 5) is 23.8. The topological polar surface area (TPSA) is 63.1 Å². The monoisotopic (exact) mass is 880 g/mol. The molecule has 0 aliphatic carbocycles. The average Bonchev–Trinajstić information content (AvgIpc) is 3.32. The normalized spacial score (nSPS) is 11.4. The third kappa shape index (κ3) is 15.0. The summed E-state index contributed by atoms with van der Waals surface area (Å²) in [5.41, 5.74) is 10.8. The molecule has 0 N–H and O–H groups in total. The van der Waals surface area contributed by atoms with Gasteiger partial charge < -0.3 is 24.3 Å². The Labute approximate surface area is 394 Å². The number of nitriles is 1. The van der Waals surface area contributed by atoms with Crippen molar-refractivity contribution < 1.29 is 9.53 Å². The Bertz CT molecular complexity index is 1790. The van der Waals surface area contributed by atoms with Gasteiger partial charge in [-0.15, -0.1) is 0 Å². The molecule has 0 heterocycles. The van der Waals surface area contributed by atoms with Gasteiger partial charge >= 0.3 is 5.97 Å². The minimum absolute atomic E-state index is 0.193. The minimum Gasteiger partial charge on any atom is -0.465 e. The zero-order valence-electron chi connectivity index (χ0n) is 41.6. The third-order valence-electron chi connectivity index (χ3n) is 11.9. The molecule has 0 spiro atoms. The number of hydrogen-bond acceptors (Lipinski definition) is 7. The predicted molar refractivity (Wildman–Crippen MR) is 280 cm³/mol. The van der Waals surface area contributed by atoms with Gasteiger partial charge in [-0.25, -0.2) is 0 Å². The molecular formula is C58H81N5O2. The highest BCUT2D eigenvalue weighted by Crippen LogP contribution is 2.36. The molecule has 65 heavy (non-hydrogen) atoms. The first-order valence-electron chi connectivity index (χ1n) is 25.1. The van der Waals surface area contributed by atoms with E-state index in [4.69, 9.17) is 4.74 Å². The molecule has 350 valence electrons. The maximum atomic E-state index is 14.0. The first kappa shape index (κ1) is 52.1. The van der Waals surface area contributed by atoms with E-state index in [1.165, 1.54) is 22.7 Å². The fraction of sp³-hybridized carbons (Fsp3) is 0.483. The van der Waals surface area contributed by atoms with Crippen LogP contribution in [0.3, 0.4) is 0 Å². The SMILES string of the molecule is CCCN(CCC)c1ccc(C(=CC(C=C(c2ccc(N(CCC)CCC)cc2)c2ccc(N(CCC)CCC)cc2)C(C#N)C(=O)OCC)c2ccc(N(CCC)CCC)cc2)cc1. The first-order chi connectivity index (χ1) is 31.7. The molecule has 4 rings (SSSR count). The van der Waals surface area contributed by atoms with Gasteiger partial charge in [0.1, 0.15) is 0 Å². The second-order valence-corrected chi connectivity index (χ2v) is 17.2. The molecule has 7 nitrogen and oxygen atoms in total. The highest BCUT2D eigenvalue weighted by Gasteiger charge is 2.29. The number of anilines is 4. The van der Waals surface area contributed by atoms with E-state index in [0.717, 1.165) is 137 Å². The van der Waals surface area contributed by atoms with Crippen molar-refractivity contribution >= 4 is 39.9 Å². The lowest BCUT2D eigenvalue weighted by Crippen LogP contribution is -2.25. The van der Waals surface area contributed by atoms with Crippen molar-refractivity contribution in [3.05, 3.63) is 131 Å². The molecule has 1 unspecified atom stereocenters. The summed E-state index contributed by atoms with van der Waals surface area (Å²) in [5, 5.41) is 11.0. The lowest BCUT2D eigenvalue weighted by atomic mass is 9.84. The van der Waals surface area contributed by atoms with E-state index in [9.17, 15) is 10.1 Å². The molecule has 0 radical (unpaired) electrons. The van der Waals surface area contributed by atoms with Crippen LogP contribution in [0.2, 0.25) is 0 Å². The Balaban J connectivity index is 2.04. The van der Waals surface area contributed by atoms with Gasteiger partial charge in [0.05, 0.1) is 12.7 Å². The fourth-order valence-corrected chi connectivity index (χ4v) is 8.92. The van der Waals surface area contributed by atoms with E-state index in [2.05, 4.69) is 190 Å². The maximum absolute atomic E-state index is 14.0. The number of esters is 1. The standard InChI is InChI=1S/C58H81N5O2/c1-10-35-60(36-11-2)51-27-19-46(20-28-51)55(47-21-29-52(30-22-47)61(37-12-3)38-13-4)43-50(57(45-59)58(64)65-18-9)44-56(48-23-31-53(32-24-48)62(39-14-5)40-15-6)49-25-33-54(34-26-49)63(41-16-7)42-17-8/h19-34,43-44,50,57H,10-18,35-42H2,1-9H3. The quantitative estimate of drug-likeness (QED) is 0.0504. The average molecular weight is 880 g/mol. The molecular weight excluding hydrogens is 799 g/mol. The van der Waals surface area contributed by atoms with Crippen LogP contribution in [0.1, 0.15) is 136 Å². The largest absolute Gasteiger partial charge is 0.465 e. The first-order valence-corrected chi connectivity index (χ1v) is 25.1. The van der Waals surface area contributed by atoms with E-state index in [-0.39, 0.29) is 6.61 Å². The summed E-state index contributed by atoms with van der Waals surface area (Å²) in [6, 6.07) is 37.8. The van der Waals surface area contributed by atoms with Crippen LogP contribution in [0.15, 0.2) is 109 Å².